The van der Waals surface area contributed by atoms with Gasteiger partial charge in [-0.2, -0.15) is 10.9 Å². The van der Waals surface area contributed by atoms with Crippen molar-refractivity contribution in [3.8, 4) is 0 Å². The maximum atomic E-state index is 11.3. The fraction of sp³-hybridized carbons (Fsp3) is 0.188. The molecule has 0 fully saturated rings. The van der Waals surface area contributed by atoms with Gasteiger partial charge in [-0.1, -0.05) is 18.2 Å². The normalized spacial score (nSPS) is 19.2. The zero-order valence-electron chi connectivity index (χ0n) is 12.3. The quantitative estimate of drug-likeness (QED) is 0.593. The van der Waals surface area contributed by atoms with E-state index in [1.165, 1.54) is 13.0 Å². The zero-order valence-corrected chi connectivity index (χ0v) is 13.2. The van der Waals surface area contributed by atoms with Crippen LogP contribution >= 0.6 is 10.9 Å². The van der Waals surface area contributed by atoms with Gasteiger partial charge >= 0.3 is 17.9 Å². The average Bonchev–Trinajstić information content (AvgIpc) is 2.95. The molecule has 1 aliphatic rings. The maximum absolute atomic E-state index is 11.3. The van der Waals surface area contributed by atoms with Crippen molar-refractivity contribution in [2.24, 2.45) is 0 Å². The van der Waals surface area contributed by atoms with Crippen molar-refractivity contribution >= 4 is 28.8 Å². The Bertz CT molecular complexity index is 734. The Morgan fingerprint density at radius 3 is 2.43 bits per heavy atom. The first-order valence-electron chi connectivity index (χ1n) is 6.79. The van der Waals surface area contributed by atoms with Gasteiger partial charge in [0.2, 0.25) is 0 Å². The van der Waals surface area contributed by atoms with Crippen LogP contribution in [0, 0.1) is 0 Å². The molecule has 1 aromatic rings. The Kier molecular flexibility index (Phi) is 4.90. The number of carboxylic acid groups (broad SMARTS) is 3. The van der Waals surface area contributed by atoms with Gasteiger partial charge in [-0.3, -0.25) is 9.59 Å². The van der Waals surface area contributed by atoms with Gasteiger partial charge in [0.05, 0.1) is 17.2 Å². The van der Waals surface area contributed by atoms with Crippen LogP contribution in [-0.2, 0) is 20.8 Å². The van der Waals surface area contributed by atoms with Gasteiger partial charge in [-0.25, -0.2) is 4.79 Å². The minimum absolute atomic E-state index is 0.227. The van der Waals surface area contributed by atoms with E-state index in [1.807, 2.05) is 0 Å². The lowest BCUT2D eigenvalue weighted by molar-refractivity contribution is -0.138. The molecule has 0 amide bonds. The molecule has 0 aliphatic carbocycles. The highest BCUT2D eigenvalue weighted by Gasteiger charge is 2.24. The molecule has 0 aromatic heterocycles. The molecule has 3 N–H and O–H groups in total. The highest BCUT2D eigenvalue weighted by Crippen LogP contribution is 2.50. The number of aliphatic carboxylic acids is 3. The molecule has 122 valence electrons. The Morgan fingerprint density at radius 2 is 1.87 bits per heavy atom. The number of benzene rings is 1. The second-order valence-corrected chi connectivity index (χ2v) is 7.09. The molecule has 0 saturated heterocycles. The molecule has 2 atom stereocenters. The summed E-state index contributed by atoms with van der Waals surface area (Å²) in [6.45, 7) is 1.52. The first-order valence-corrected chi connectivity index (χ1v) is 8.20. The van der Waals surface area contributed by atoms with E-state index in [0.29, 0.717) is 16.0 Å². The van der Waals surface area contributed by atoms with Crippen molar-refractivity contribution in [3.63, 3.8) is 0 Å². The third-order valence-electron chi connectivity index (χ3n) is 3.54. The number of hydrogen-bond donors (Lipinski definition) is 4. The highest BCUT2D eigenvalue weighted by atomic mass is 32.2. The number of carbonyl (C=O) groups is 3. The Morgan fingerprint density at radius 1 is 1.17 bits per heavy atom. The number of thiol groups is 1. The summed E-state index contributed by atoms with van der Waals surface area (Å²) >= 11 is 0. The van der Waals surface area contributed by atoms with Crippen LogP contribution in [0.2, 0.25) is 0 Å². The highest BCUT2D eigenvalue weighted by molar-refractivity contribution is 8.23. The molecular formula is C16H16O6S. The molecular weight excluding hydrogens is 320 g/mol. The molecule has 7 heteroatoms. The van der Waals surface area contributed by atoms with E-state index in [1.54, 1.807) is 29.7 Å². The first kappa shape index (κ1) is 16.8. The van der Waals surface area contributed by atoms with Gasteiger partial charge < -0.3 is 15.3 Å². The Labute approximate surface area is 135 Å². The molecule has 1 heterocycles. The number of carboxylic acids is 3. The summed E-state index contributed by atoms with van der Waals surface area (Å²) in [7, 11) is -1.27. The minimum Gasteiger partial charge on any atom is -0.481 e. The SMILES string of the molecule is CC(C(=O)O)c1ccc([SH]2C=CC=C2C(=O)O)c(CC(=O)O)c1. The molecule has 23 heavy (non-hydrogen) atoms. The fourth-order valence-corrected chi connectivity index (χ4v) is 4.30. The molecule has 0 saturated carbocycles. The molecule has 2 rings (SSSR count). The lowest BCUT2D eigenvalue weighted by atomic mass is 9.98. The third-order valence-corrected chi connectivity index (χ3v) is 5.83. The van der Waals surface area contributed by atoms with Crippen LogP contribution < -0.4 is 0 Å². The molecule has 1 aromatic carbocycles. The van der Waals surface area contributed by atoms with Gasteiger partial charge in [-0.05, 0) is 40.5 Å². The molecule has 0 spiro atoms. The van der Waals surface area contributed by atoms with Crippen LogP contribution in [0.1, 0.15) is 24.0 Å². The second-order valence-electron chi connectivity index (χ2n) is 5.09. The molecule has 1 aliphatic heterocycles. The zero-order chi connectivity index (χ0) is 17.1. The van der Waals surface area contributed by atoms with Gasteiger partial charge in [0.15, 0.2) is 0 Å². The van der Waals surface area contributed by atoms with Crippen LogP contribution in [0.25, 0.3) is 0 Å². The predicted molar refractivity (Wildman–Crippen MR) is 85.9 cm³/mol. The monoisotopic (exact) mass is 336 g/mol. The molecule has 0 radical (unpaired) electrons. The van der Waals surface area contributed by atoms with Gasteiger partial charge in [0.25, 0.3) is 0 Å². The van der Waals surface area contributed by atoms with Crippen molar-refractivity contribution < 1.29 is 29.7 Å². The fourth-order valence-electron chi connectivity index (χ4n) is 2.32. The topological polar surface area (TPSA) is 112 Å². The summed E-state index contributed by atoms with van der Waals surface area (Å²) in [5.74, 6) is -3.86. The van der Waals surface area contributed by atoms with E-state index in [0.717, 1.165) is 0 Å². The molecule has 0 bridgehead atoms. The summed E-state index contributed by atoms with van der Waals surface area (Å²) < 4.78 is 0. The van der Waals surface area contributed by atoms with Gasteiger partial charge in [0.1, 0.15) is 0 Å². The lowest BCUT2D eigenvalue weighted by Crippen LogP contribution is -2.10. The number of rotatable bonds is 6. The smallest absolute Gasteiger partial charge is 0.341 e. The summed E-state index contributed by atoms with van der Waals surface area (Å²) in [4.78, 5) is 34.4. The van der Waals surface area contributed by atoms with Crippen molar-refractivity contribution in [3.05, 3.63) is 51.8 Å². The first-order chi connectivity index (χ1) is 10.8. The van der Waals surface area contributed by atoms with E-state index in [4.69, 9.17) is 10.2 Å². The Hall–Kier alpha value is -2.54. The summed E-state index contributed by atoms with van der Waals surface area (Å²) in [6, 6.07) is 4.81. The van der Waals surface area contributed by atoms with Gasteiger partial charge in [0, 0.05) is 0 Å². The number of hydrogen-bond acceptors (Lipinski definition) is 3. The van der Waals surface area contributed by atoms with Crippen molar-refractivity contribution in [1.29, 1.82) is 0 Å². The van der Waals surface area contributed by atoms with Crippen LogP contribution in [0.4, 0.5) is 0 Å². The lowest BCUT2D eigenvalue weighted by Gasteiger charge is -2.20. The standard InChI is InChI=1S/C16H16O6S/c1-9(15(19)20)10-4-5-12(11(7-10)8-14(17)18)23-6-2-3-13(23)16(21)22/h2-7,9,23H,8H2,1H3,(H,17,18)(H,19,20)(H,21,22). The minimum atomic E-state index is -1.27. The van der Waals surface area contributed by atoms with E-state index in [2.05, 4.69) is 0 Å². The van der Waals surface area contributed by atoms with Crippen molar-refractivity contribution in [2.45, 2.75) is 24.2 Å². The van der Waals surface area contributed by atoms with Crippen LogP contribution in [0.5, 0.6) is 0 Å². The summed E-state index contributed by atoms with van der Waals surface area (Å²) in [6.07, 6.45) is 2.87. The summed E-state index contributed by atoms with van der Waals surface area (Å²) in [5, 5.41) is 29.2. The van der Waals surface area contributed by atoms with Crippen LogP contribution in [0.15, 0.2) is 45.6 Å². The Balaban J connectivity index is 2.49. The molecule has 2 unspecified atom stereocenters. The molecule has 6 nitrogen and oxygen atoms in total. The van der Waals surface area contributed by atoms with Crippen LogP contribution in [-0.4, -0.2) is 33.2 Å². The maximum Gasteiger partial charge on any atom is 0.341 e. The van der Waals surface area contributed by atoms with Crippen LogP contribution in [0.3, 0.4) is 0 Å². The summed E-state index contributed by atoms with van der Waals surface area (Å²) in [5.41, 5.74) is 0.949. The number of allylic oxidation sites excluding steroid dienone is 2. The largest absolute Gasteiger partial charge is 0.481 e. The third kappa shape index (κ3) is 3.62. The van der Waals surface area contributed by atoms with E-state index in [9.17, 15) is 19.5 Å². The van der Waals surface area contributed by atoms with Crippen molar-refractivity contribution in [1.82, 2.24) is 0 Å². The predicted octanol–water partition coefficient (Wildman–Crippen LogP) is 2.36. The van der Waals surface area contributed by atoms with E-state index in [-0.39, 0.29) is 11.3 Å². The van der Waals surface area contributed by atoms with E-state index >= 15 is 0 Å². The van der Waals surface area contributed by atoms with Gasteiger partial charge in [-0.15, -0.1) is 0 Å². The van der Waals surface area contributed by atoms with Crippen molar-refractivity contribution in [2.75, 3.05) is 0 Å². The second kappa shape index (κ2) is 6.70. The average molecular weight is 336 g/mol. The van der Waals surface area contributed by atoms with E-state index < -0.39 is 34.7 Å².